The fourth-order valence-electron chi connectivity index (χ4n) is 7.26. The summed E-state index contributed by atoms with van der Waals surface area (Å²) in [7, 11) is 1.63. The van der Waals surface area contributed by atoms with Crippen molar-refractivity contribution in [2.75, 3.05) is 25.6 Å². The van der Waals surface area contributed by atoms with Crippen LogP contribution in [0.2, 0.25) is 0 Å². The molecule has 3 amide bonds. The summed E-state index contributed by atoms with van der Waals surface area (Å²) < 4.78 is 18.1. The molecular formula is C39H50N6O8S. The zero-order valence-corrected chi connectivity index (χ0v) is 32.3. The molecule has 14 nitrogen and oxygen atoms in total. The summed E-state index contributed by atoms with van der Waals surface area (Å²) in [5, 5.41) is 22.3. The number of alkyl carbamates (subject to hydrolysis) is 1. The molecule has 6 rings (SSSR count). The normalized spacial score (nSPS) is 24.9. The van der Waals surface area contributed by atoms with Crippen LogP contribution in [0.1, 0.15) is 71.8 Å². The minimum atomic E-state index is -1.50. The number of methoxy groups -OCH3 is 1. The van der Waals surface area contributed by atoms with Crippen LogP contribution >= 0.6 is 11.3 Å². The van der Waals surface area contributed by atoms with E-state index in [2.05, 4.69) is 22.5 Å². The number of nitrogens with zero attached hydrogens (tertiary/aromatic N) is 3. The molecule has 290 valence electrons. The van der Waals surface area contributed by atoms with Crippen molar-refractivity contribution in [1.29, 1.82) is 0 Å². The van der Waals surface area contributed by atoms with E-state index >= 15 is 0 Å². The number of carbonyl (C=O) groups is 4. The lowest BCUT2D eigenvalue weighted by molar-refractivity contribution is -0.145. The molecule has 2 aliphatic heterocycles. The van der Waals surface area contributed by atoms with Crippen LogP contribution in [0.25, 0.3) is 22.3 Å². The van der Waals surface area contributed by atoms with Gasteiger partial charge in [-0.25, -0.2) is 19.6 Å². The first-order chi connectivity index (χ1) is 25.8. The molecular weight excluding hydrogens is 713 g/mol. The van der Waals surface area contributed by atoms with Gasteiger partial charge in [-0.15, -0.1) is 17.9 Å². The van der Waals surface area contributed by atoms with Gasteiger partial charge in [-0.3, -0.25) is 9.59 Å². The van der Waals surface area contributed by atoms with Crippen LogP contribution in [0.5, 0.6) is 11.5 Å². The van der Waals surface area contributed by atoms with Gasteiger partial charge in [0.15, 0.2) is 5.13 Å². The number of carbonyl (C=O) groups excluding carboxylic acids is 3. The Labute approximate surface area is 319 Å². The van der Waals surface area contributed by atoms with Crippen LogP contribution < -0.4 is 25.4 Å². The van der Waals surface area contributed by atoms with E-state index in [1.54, 1.807) is 21.0 Å². The third-order valence-corrected chi connectivity index (χ3v) is 11.1. The topological polar surface area (TPSA) is 181 Å². The Bertz CT molecular complexity index is 1910. The molecule has 1 saturated heterocycles. The molecule has 2 aromatic heterocycles. The van der Waals surface area contributed by atoms with E-state index in [9.17, 15) is 24.3 Å². The Morgan fingerprint density at radius 1 is 1.13 bits per heavy atom. The summed E-state index contributed by atoms with van der Waals surface area (Å²) in [6, 6.07) is 3.87. The number of rotatable bonds is 9. The smallest absolute Gasteiger partial charge is 0.407 e. The maximum atomic E-state index is 14.4. The first kappa shape index (κ1) is 38.8. The molecule has 5 atom stereocenters. The molecule has 0 unspecified atom stereocenters. The van der Waals surface area contributed by atoms with E-state index in [4.69, 9.17) is 24.2 Å². The first-order valence-electron chi connectivity index (χ1n) is 18.7. The van der Waals surface area contributed by atoms with Crippen LogP contribution in [0.15, 0.2) is 36.2 Å². The number of anilines is 1. The highest BCUT2D eigenvalue weighted by atomic mass is 32.1. The number of aromatic nitrogens is 2. The number of cyclic esters (lactones) is 1. The fraction of sp³-hybridized carbons (Fsp3) is 0.538. The second kappa shape index (κ2) is 16.2. The number of aliphatic carboxylic acids is 1. The summed E-state index contributed by atoms with van der Waals surface area (Å²) in [6.45, 7) is 11.6. The van der Waals surface area contributed by atoms with E-state index in [0.717, 1.165) is 41.8 Å². The van der Waals surface area contributed by atoms with Crippen LogP contribution in [0, 0.1) is 11.8 Å². The Kier molecular flexibility index (Phi) is 11.6. The second-order valence-corrected chi connectivity index (χ2v) is 15.8. The number of aryl methyl sites for hydroxylation is 1. The number of pyridine rings is 1. The van der Waals surface area contributed by atoms with Gasteiger partial charge < -0.3 is 40.2 Å². The molecule has 0 spiro atoms. The number of amides is 3. The number of hydrogen-bond acceptors (Lipinski definition) is 11. The number of ether oxygens (including phenoxy) is 3. The van der Waals surface area contributed by atoms with Gasteiger partial charge in [0, 0.05) is 41.3 Å². The van der Waals surface area contributed by atoms with Crippen molar-refractivity contribution in [3.63, 3.8) is 0 Å². The Morgan fingerprint density at radius 3 is 2.59 bits per heavy atom. The highest BCUT2D eigenvalue weighted by Gasteiger charge is 2.61. The summed E-state index contributed by atoms with van der Waals surface area (Å²) in [6.07, 6.45) is 4.41. The predicted octanol–water partition coefficient (Wildman–Crippen LogP) is 5.55. The molecule has 1 aromatic carbocycles. The standard InChI is InChI=1S/C39H50N6O8S/c1-7-24-18-39(24,36(48)49)44-34(46)30-15-25-19-45(30)35(47)33(21(2)3)43-38(50)52-13-11-9-8-10-12-23-14-26-27(16-31(23)51-6)41-28(17-32(26)53-25)29-20-54-37(42-29)40-22(4)5/h7,14,16-17,20-22,24-25,30,33H,1,8-13,15,18-19H2,2-6H3,(H,40,42)(H,43,50)(H,44,46)(H,48,49)/t24-,25-,30+,33+,39-/m1/s1. The quantitative estimate of drug-likeness (QED) is 0.201. The predicted molar refractivity (Wildman–Crippen MR) is 205 cm³/mol. The summed E-state index contributed by atoms with van der Waals surface area (Å²) in [5.41, 5.74) is 1.35. The Balaban J connectivity index is 1.42. The zero-order chi connectivity index (χ0) is 38.7. The molecule has 4 heterocycles. The van der Waals surface area contributed by atoms with Crippen molar-refractivity contribution in [2.45, 2.75) is 102 Å². The highest BCUT2D eigenvalue weighted by Crippen LogP contribution is 2.45. The average Bonchev–Trinajstić information content (AvgIpc) is 3.40. The van der Waals surface area contributed by atoms with Crippen molar-refractivity contribution in [3.8, 4) is 22.9 Å². The zero-order valence-electron chi connectivity index (χ0n) is 31.5. The Morgan fingerprint density at radius 2 is 1.91 bits per heavy atom. The number of hydrogen-bond donors (Lipinski definition) is 4. The van der Waals surface area contributed by atoms with E-state index in [0.29, 0.717) is 34.8 Å². The van der Waals surface area contributed by atoms with Crippen molar-refractivity contribution >= 4 is 51.2 Å². The fourth-order valence-corrected chi connectivity index (χ4v) is 8.11. The lowest BCUT2D eigenvalue weighted by Crippen LogP contribution is -2.57. The molecule has 54 heavy (non-hydrogen) atoms. The number of benzene rings is 1. The van der Waals surface area contributed by atoms with Crippen LogP contribution in [-0.4, -0.2) is 93.9 Å². The minimum Gasteiger partial charge on any atom is -0.496 e. The van der Waals surface area contributed by atoms with Gasteiger partial charge in [0.1, 0.15) is 40.9 Å². The molecule has 15 heteroatoms. The van der Waals surface area contributed by atoms with E-state index in [1.807, 2.05) is 37.4 Å². The second-order valence-electron chi connectivity index (χ2n) is 15.0. The van der Waals surface area contributed by atoms with Crippen LogP contribution in [0.4, 0.5) is 9.93 Å². The van der Waals surface area contributed by atoms with Gasteiger partial charge in [-0.1, -0.05) is 32.8 Å². The van der Waals surface area contributed by atoms with E-state index in [-0.39, 0.29) is 38.0 Å². The maximum Gasteiger partial charge on any atom is 0.407 e. The molecule has 2 fully saturated rings. The monoisotopic (exact) mass is 762 g/mol. The third kappa shape index (κ3) is 8.25. The lowest BCUT2D eigenvalue weighted by atomic mass is 10.0. The molecule has 3 aromatic rings. The SMILES string of the molecule is C=C[C@@H]1C[C@]1(NC(=O)[C@@H]1C[C@@H]2CN1C(=O)[C@H](C(C)C)NC(=O)OCCCCCCc1cc3c(cc(-c4csc(NC(C)C)n4)nc3cc1OC)O2)C(=O)O. The molecule has 4 bridgehead atoms. The van der Waals surface area contributed by atoms with Gasteiger partial charge in [0.2, 0.25) is 11.8 Å². The van der Waals surface area contributed by atoms with E-state index < -0.39 is 53.5 Å². The van der Waals surface area contributed by atoms with Gasteiger partial charge in [0.25, 0.3) is 0 Å². The minimum absolute atomic E-state index is 0.00312. The molecule has 1 aliphatic carbocycles. The van der Waals surface area contributed by atoms with Gasteiger partial charge in [-0.05, 0) is 57.1 Å². The summed E-state index contributed by atoms with van der Waals surface area (Å²) >= 11 is 1.47. The number of fused-ring (bicyclic) bond motifs is 3. The molecule has 3 aliphatic rings. The van der Waals surface area contributed by atoms with Crippen molar-refractivity contribution in [3.05, 3.63) is 41.8 Å². The molecule has 0 radical (unpaired) electrons. The first-order valence-corrected chi connectivity index (χ1v) is 19.5. The van der Waals surface area contributed by atoms with Gasteiger partial charge >= 0.3 is 12.1 Å². The third-order valence-electron chi connectivity index (χ3n) is 10.3. The van der Waals surface area contributed by atoms with Gasteiger partial charge in [0.05, 0.1) is 31.5 Å². The average molecular weight is 763 g/mol. The highest BCUT2D eigenvalue weighted by molar-refractivity contribution is 7.14. The molecule has 4 N–H and O–H groups in total. The number of carboxylic acid groups (broad SMARTS) is 1. The number of thiazole rings is 1. The van der Waals surface area contributed by atoms with E-state index in [1.165, 1.54) is 22.3 Å². The van der Waals surface area contributed by atoms with Crippen LogP contribution in [0.3, 0.4) is 0 Å². The summed E-state index contributed by atoms with van der Waals surface area (Å²) in [4.78, 5) is 64.8. The van der Waals surface area contributed by atoms with Crippen molar-refractivity contribution < 1.29 is 38.5 Å². The van der Waals surface area contributed by atoms with Crippen LogP contribution in [-0.2, 0) is 25.5 Å². The summed E-state index contributed by atoms with van der Waals surface area (Å²) in [5.74, 6) is -1.88. The lowest BCUT2D eigenvalue weighted by Gasteiger charge is -2.30. The Hall–Kier alpha value is -4.92. The van der Waals surface area contributed by atoms with Crippen molar-refractivity contribution in [2.24, 2.45) is 11.8 Å². The number of carboxylic acids is 1. The maximum absolute atomic E-state index is 14.4. The molecule has 1 saturated carbocycles. The largest absolute Gasteiger partial charge is 0.496 e. The van der Waals surface area contributed by atoms with Crippen molar-refractivity contribution in [1.82, 2.24) is 25.5 Å². The number of nitrogens with one attached hydrogen (secondary N) is 3. The van der Waals surface area contributed by atoms with Gasteiger partial charge in [-0.2, -0.15) is 0 Å².